The van der Waals surface area contributed by atoms with Crippen molar-refractivity contribution in [1.29, 1.82) is 0 Å². The maximum atomic E-state index is 11.4. The normalized spacial score (nSPS) is 23.7. The lowest BCUT2D eigenvalue weighted by Crippen LogP contribution is -2.44. The van der Waals surface area contributed by atoms with E-state index in [1.165, 1.54) is 0 Å². The van der Waals surface area contributed by atoms with Gasteiger partial charge in [-0.2, -0.15) is 0 Å². The molecule has 108 valence electrons. The van der Waals surface area contributed by atoms with Crippen LogP contribution < -0.4 is 0 Å². The van der Waals surface area contributed by atoms with Crippen LogP contribution in [0.15, 0.2) is 23.3 Å². The van der Waals surface area contributed by atoms with Gasteiger partial charge in [0.2, 0.25) is 0 Å². The number of allylic oxidation sites excluding steroid dienone is 2. The van der Waals surface area contributed by atoms with Gasteiger partial charge in [-0.25, -0.2) is 0 Å². The Bertz CT molecular complexity index is 423. The Balaban J connectivity index is 3.06. The lowest BCUT2D eigenvalue weighted by Gasteiger charge is -2.41. The molecule has 0 heterocycles. The Kier molecular flexibility index (Phi) is 4.33. The average molecular weight is 280 g/mol. The van der Waals surface area contributed by atoms with Gasteiger partial charge in [0.15, 0.2) is 8.32 Å². The van der Waals surface area contributed by atoms with E-state index in [9.17, 15) is 4.79 Å². The quantitative estimate of drug-likeness (QED) is 0.432. The summed E-state index contributed by atoms with van der Waals surface area (Å²) in [7, 11) is -1.82. The van der Waals surface area contributed by atoms with Crippen molar-refractivity contribution in [3.63, 3.8) is 0 Å². The molecule has 0 amide bonds. The fourth-order valence-corrected chi connectivity index (χ4v) is 3.33. The molecule has 0 fully saturated rings. The second kappa shape index (κ2) is 5.02. The molecule has 1 aliphatic carbocycles. The lowest BCUT2D eigenvalue weighted by molar-refractivity contribution is -0.105. The molecular formula is C16H28O2Si. The lowest BCUT2D eigenvalue weighted by atomic mass is 9.77. The summed E-state index contributed by atoms with van der Waals surface area (Å²) in [4.78, 5) is 11.4. The third-order valence-electron chi connectivity index (χ3n) is 4.58. The van der Waals surface area contributed by atoms with E-state index < -0.39 is 8.32 Å². The number of hydrogen-bond donors (Lipinski definition) is 0. The number of rotatable bonds is 3. The van der Waals surface area contributed by atoms with Gasteiger partial charge in [0.25, 0.3) is 0 Å². The summed E-state index contributed by atoms with van der Waals surface area (Å²) in [5.74, 6) is 0. The smallest absolute Gasteiger partial charge is 0.193 e. The second-order valence-corrected chi connectivity index (χ2v) is 12.4. The van der Waals surface area contributed by atoms with Gasteiger partial charge in [-0.15, -0.1) is 0 Å². The van der Waals surface area contributed by atoms with Crippen molar-refractivity contribution < 1.29 is 9.22 Å². The predicted octanol–water partition coefficient (Wildman–Crippen LogP) is 4.49. The minimum atomic E-state index is -1.82. The molecule has 0 unspecified atom stereocenters. The Labute approximate surface area is 119 Å². The zero-order valence-electron chi connectivity index (χ0n) is 13.6. The van der Waals surface area contributed by atoms with Gasteiger partial charge < -0.3 is 4.43 Å². The standard InChI is InChI=1S/C16H28O2Si/c1-12-13(11-17)16(5,6)10-9-14(12)18-19(7,8)15(2,3)4/h9-11,14H,1-8H3/t14-/m1/s1. The number of aldehydes is 1. The van der Waals surface area contributed by atoms with Crippen molar-refractivity contribution in [2.45, 2.75) is 65.8 Å². The first-order valence-electron chi connectivity index (χ1n) is 6.96. The van der Waals surface area contributed by atoms with Crippen molar-refractivity contribution in [3.8, 4) is 0 Å². The Morgan fingerprint density at radius 2 is 1.84 bits per heavy atom. The molecule has 0 N–H and O–H groups in total. The summed E-state index contributed by atoms with van der Waals surface area (Å²) < 4.78 is 6.42. The fraction of sp³-hybridized carbons (Fsp3) is 0.688. The van der Waals surface area contributed by atoms with Crippen LogP contribution in [0.25, 0.3) is 0 Å². The van der Waals surface area contributed by atoms with E-state index in [-0.39, 0.29) is 16.6 Å². The molecule has 1 rings (SSSR count). The molecule has 1 aliphatic rings. The number of hydrogen-bond acceptors (Lipinski definition) is 2. The van der Waals surface area contributed by atoms with Gasteiger partial charge in [0.1, 0.15) is 6.29 Å². The number of carbonyl (C=O) groups excluding carboxylic acids is 1. The molecule has 3 heteroatoms. The van der Waals surface area contributed by atoms with E-state index in [0.29, 0.717) is 0 Å². The van der Waals surface area contributed by atoms with Crippen LogP contribution in [0.2, 0.25) is 18.1 Å². The highest BCUT2D eigenvalue weighted by Gasteiger charge is 2.40. The average Bonchev–Trinajstić information content (AvgIpc) is 2.21. The Hall–Kier alpha value is -0.673. The highest BCUT2D eigenvalue weighted by atomic mass is 28.4. The largest absolute Gasteiger partial charge is 0.407 e. The Morgan fingerprint density at radius 3 is 2.26 bits per heavy atom. The molecule has 0 saturated carbocycles. The van der Waals surface area contributed by atoms with Crippen LogP contribution in [0.5, 0.6) is 0 Å². The van der Waals surface area contributed by atoms with Crippen molar-refractivity contribution in [2.75, 3.05) is 0 Å². The van der Waals surface area contributed by atoms with Crippen LogP contribution in [0.4, 0.5) is 0 Å². The summed E-state index contributed by atoms with van der Waals surface area (Å²) in [5, 5.41) is 0.176. The Morgan fingerprint density at radius 1 is 1.32 bits per heavy atom. The third-order valence-corrected chi connectivity index (χ3v) is 9.03. The van der Waals surface area contributed by atoms with Gasteiger partial charge in [0, 0.05) is 11.0 Å². The maximum absolute atomic E-state index is 11.4. The summed E-state index contributed by atoms with van der Waals surface area (Å²) in [6, 6.07) is 0. The van der Waals surface area contributed by atoms with Gasteiger partial charge >= 0.3 is 0 Å². The summed E-state index contributed by atoms with van der Waals surface area (Å²) in [5.41, 5.74) is 1.74. The summed E-state index contributed by atoms with van der Waals surface area (Å²) in [6.07, 6.45) is 5.15. The molecular weight excluding hydrogens is 252 g/mol. The van der Waals surface area contributed by atoms with Gasteiger partial charge in [-0.05, 0) is 30.6 Å². The van der Waals surface area contributed by atoms with Gasteiger partial charge in [-0.1, -0.05) is 46.8 Å². The number of carbonyl (C=O) groups is 1. The molecule has 0 saturated heterocycles. The van der Waals surface area contributed by atoms with E-state index in [2.05, 4.69) is 59.9 Å². The zero-order chi connectivity index (χ0) is 15.1. The molecule has 2 nitrogen and oxygen atoms in total. The molecule has 0 bridgehead atoms. The van der Waals surface area contributed by atoms with E-state index in [1.807, 2.05) is 6.92 Å². The molecule has 0 aliphatic heterocycles. The minimum absolute atomic E-state index is 0.0471. The highest BCUT2D eigenvalue weighted by molar-refractivity contribution is 6.74. The maximum Gasteiger partial charge on any atom is 0.193 e. The summed E-state index contributed by atoms with van der Waals surface area (Å²) in [6.45, 7) is 17.3. The van der Waals surface area contributed by atoms with E-state index in [4.69, 9.17) is 4.43 Å². The molecule has 0 radical (unpaired) electrons. The molecule has 0 spiro atoms. The first-order chi connectivity index (χ1) is 8.42. The molecule has 0 aromatic heterocycles. The fourth-order valence-electron chi connectivity index (χ4n) is 2.09. The predicted molar refractivity (Wildman–Crippen MR) is 83.8 cm³/mol. The zero-order valence-corrected chi connectivity index (χ0v) is 14.6. The monoisotopic (exact) mass is 280 g/mol. The SMILES string of the molecule is CC1=C(C=O)C(C)(C)C=C[C@H]1O[Si](C)(C)C(C)(C)C. The van der Waals surface area contributed by atoms with Crippen LogP contribution in [0.1, 0.15) is 41.5 Å². The van der Waals surface area contributed by atoms with E-state index >= 15 is 0 Å². The van der Waals surface area contributed by atoms with Crippen LogP contribution in [0.3, 0.4) is 0 Å². The van der Waals surface area contributed by atoms with Crippen molar-refractivity contribution in [2.24, 2.45) is 5.41 Å². The molecule has 1 atom stereocenters. The molecule has 19 heavy (non-hydrogen) atoms. The van der Waals surface area contributed by atoms with E-state index in [1.54, 1.807) is 0 Å². The van der Waals surface area contributed by atoms with Crippen molar-refractivity contribution in [1.82, 2.24) is 0 Å². The van der Waals surface area contributed by atoms with Gasteiger partial charge in [0.05, 0.1) is 6.10 Å². The minimum Gasteiger partial charge on any atom is -0.407 e. The van der Waals surface area contributed by atoms with Crippen LogP contribution in [0, 0.1) is 5.41 Å². The van der Waals surface area contributed by atoms with E-state index in [0.717, 1.165) is 17.4 Å². The first kappa shape index (κ1) is 16.4. The third kappa shape index (κ3) is 3.26. The highest BCUT2D eigenvalue weighted by Crippen LogP contribution is 2.41. The van der Waals surface area contributed by atoms with Gasteiger partial charge in [-0.3, -0.25) is 4.79 Å². The van der Waals surface area contributed by atoms with Crippen LogP contribution in [-0.4, -0.2) is 20.7 Å². The first-order valence-corrected chi connectivity index (χ1v) is 9.87. The molecule has 0 aromatic carbocycles. The van der Waals surface area contributed by atoms with Crippen molar-refractivity contribution in [3.05, 3.63) is 23.3 Å². The van der Waals surface area contributed by atoms with Crippen LogP contribution >= 0.6 is 0 Å². The summed E-state index contributed by atoms with van der Waals surface area (Å²) >= 11 is 0. The second-order valence-electron chi connectivity index (χ2n) is 7.59. The molecule has 0 aromatic rings. The topological polar surface area (TPSA) is 26.3 Å². The van der Waals surface area contributed by atoms with Crippen LogP contribution in [-0.2, 0) is 9.22 Å². The van der Waals surface area contributed by atoms with Crippen molar-refractivity contribution >= 4 is 14.6 Å².